The largest absolute Gasteiger partial charge is 0.360 e. The van der Waals surface area contributed by atoms with Crippen LogP contribution in [0.1, 0.15) is 42.0 Å². The van der Waals surface area contributed by atoms with E-state index in [4.69, 9.17) is 4.98 Å². The minimum Gasteiger partial charge on any atom is -0.360 e. The summed E-state index contributed by atoms with van der Waals surface area (Å²) in [6.45, 7) is 4.50. The number of benzene rings is 2. The first kappa shape index (κ1) is 15.1. The molecule has 2 aromatic heterocycles. The molecule has 0 saturated heterocycles. The molecule has 4 nitrogen and oxygen atoms in total. The Morgan fingerprint density at radius 3 is 2.59 bits per heavy atom. The fraction of sp³-hybridized carbons (Fsp3) is 0.261. The van der Waals surface area contributed by atoms with E-state index in [1.54, 1.807) is 0 Å². The third-order valence-electron chi connectivity index (χ3n) is 6.04. The molecule has 27 heavy (non-hydrogen) atoms. The lowest BCUT2D eigenvalue weighted by Crippen LogP contribution is -2.25. The first-order valence-electron chi connectivity index (χ1n) is 9.73. The predicted molar refractivity (Wildman–Crippen MR) is 109 cm³/mol. The highest BCUT2D eigenvalue weighted by Gasteiger charge is 2.33. The van der Waals surface area contributed by atoms with Crippen molar-refractivity contribution >= 4 is 16.7 Å². The summed E-state index contributed by atoms with van der Waals surface area (Å²) < 4.78 is 4.90. The Labute approximate surface area is 158 Å². The zero-order chi connectivity index (χ0) is 18.1. The number of fused-ring (bicyclic) bond motifs is 5. The molecule has 0 unspecified atom stereocenters. The van der Waals surface area contributed by atoms with E-state index in [1.165, 1.54) is 40.9 Å². The van der Waals surface area contributed by atoms with Crippen molar-refractivity contribution in [2.24, 2.45) is 0 Å². The van der Waals surface area contributed by atoms with Crippen LogP contribution < -0.4 is 5.32 Å². The molecule has 0 spiro atoms. The maximum absolute atomic E-state index is 4.99. The summed E-state index contributed by atoms with van der Waals surface area (Å²) in [6.07, 6.45) is 2.66. The number of hydrogen-bond acceptors (Lipinski definition) is 2. The molecular weight excluding hydrogens is 332 g/mol. The quantitative estimate of drug-likeness (QED) is 0.521. The van der Waals surface area contributed by atoms with Gasteiger partial charge in [-0.2, -0.15) is 0 Å². The van der Waals surface area contributed by atoms with Crippen LogP contribution in [0.25, 0.3) is 22.4 Å². The van der Waals surface area contributed by atoms with Crippen molar-refractivity contribution in [3.63, 3.8) is 0 Å². The molecule has 0 radical (unpaired) electrons. The lowest BCUT2D eigenvalue weighted by atomic mass is 10.1. The molecule has 6 rings (SSSR count). The van der Waals surface area contributed by atoms with Gasteiger partial charge in [0.25, 0.3) is 0 Å². The fourth-order valence-corrected chi connectivity index (χ4v) is 4.70. The number of imidazole rings is 1. The topological polar surface area (TPSA) is 34.8 Å². The van der Waals surface area contributed by atoms with Gasteiger partial charge < -0.3 is 9.88 Å². The molecule has 1 saturated carbocycles. The predicted octanol–water partition coefficient (Wildman–Crippen LogP) is 5.43. The second-order valence-electron chi connectivity index (χ2n) is 7.81. The van der Waals surface area contributed by atoms with Gasteiger partial charge in [0.15, 0.2) is 0 Å². The smallest absolute Gasteiger partial charge is 0.145 e. The van der Waals surface area contributed by atoms with E-state index < -0.39 is 0 Å². The lowest BCUT2D eigenvalue weighted by molar-refractivity contribution is 0.647. The minimum absolute atomic E-state index is 0.0565. The molecule has 1 N–H and O–H groups in total. The van der Waals surface area contributed by atoms with Gasteiger partial charge in [0, 0.05) is 34.2 Å². The van der Waals surface area contributed by atoms with Crippen molar-refractivity contribution < 1.29 is 0 Å². The molecule has 1 fully saturated rings. The SMILES string of the molecule is Cc1cc([C@H]2Nc3ccccc3-c3nc4ccccc4n32)c(C)n1C1CC1. The average molecular weight is 354 g/mol. The second-order valence-corrected chi connectivity index (χ2v) is 7.81. The number of nitrogens with one attached hydrogen (secondary N) is 1. The Hall–Kier alpha value is -3.01. The van der Waals surface area contributed by atoms with E-state index in [1.807, 2.05) is 0 Å². The Kier molecular flexibility index (Phi) is 2.94. The van der Waals surface area contributed by atoms with Crippen LogP contribution >= 0.6 is 0 Å². The molecule has 1 aliphatic carbocycles. The number of rotatable bonds is 2. The molecular formula is C23H22N4. The molecule has 134 valence electrons. The maximum Gasteiger partial charge on any atom is 0.145 e. The standard InChI is InChI=1S/C23H22N4/c1-14-13-18(15(2)26(14)16-11-12-16)23-24-19-8-4-3-7-17(19)22-25-20-9-5-6-10-21(20)27(22)23/h3-10,13,16,23-24H,11-12H2,1-2H3/t23-/m0/s1. The summed E-state index contributed by atoms with van der Waals surface area (Å²) >= 11 is 0. The highest BCUT2D eigenvalue weighted by atomic mass is 15.3. The van der Waals surface area contributed by atoms with Gasteiger partial charge >= 0.3 is 0 Å². The Morgan fingerprint density at radius 1 is 0.963 bits per heavy atom. The lowest BCUT2D eigenvalue weighted by Gasteiger charge is -2.30. The third-order valence-corrected chi connectivity index (χ3v) is 6.04. The third kappa shape index (κ3) is 2.07. The van der Waals surface area contributed by atoms with Gasteiger partial charge in [-0.05, 0) is 57.0 Å². The van der Waals surface area contributed by atoms with Crippen molar-refractivity contribution in [1.82, 2.24) is 14.1 Å². The van der Waals surface area contributed by atoms with Gasteiger partial charge in [0.1, 0.15) is 12.0 Å². The van der Waals surface area contributed by atoms with Crippen LogP contribution in [0.3, 0.4) is 0 Å². The molecule has 2 aromatic carbocycles. The van der Waals surface area contributed by atoms with Gasteiger partial charge in [-0.1, -0.05) is 24.3 Å². The van der Waals surface area contributed by atoms with Crippen LogP contribution in [0.4, 0.5) is 5.69 Å². The molecule has 1 aliphatic heterocycles. The Morgan fingerprint density at radius 2 is 1.74 bits per heavy atom. The van der Waals surface area contributed by atoms with E-state index in [9.17, 15) is 0 Å². The second kappa shape index (κ2) is 5.26. The molecule has 3 heterocycles. The first-order valence-corrected chi connectivity index (χ1v) is 9.73. The number of anilines is 1. The van der Waals surface area contributed by atoms with Crippen molar-refractivity contribution in [3.05, 3.63) is 71.5 Å². The van der Waals surface area contributed by atoms with Gasteiger partial charge in [-0.25, -0.2) is 4.98 Å². The van der Waals surface area contributed by atoms with Gasteiger partial charge in [0.2, 0.25) is 0 Å². The minimum atomic E-state index is 0.0565. The van der Waals surface area contributed by atoms with Gasteiger partial charge in [-0.15, -0.1) is 0 Å². The molecule has 0 amide bonds. The number of hydrogen-bond donors (Lipinski definition) is 1. The average Bonchev–Trinajstić information content (AvgIpc) is 3.36. The summed E-state index contributed by atoms with van der Waals surface area (Å²) in [6, 6.07) is 20.0. The fourth-order valence-electron chi connectivity index (χ4n) is 4.70. The summed E-state index contributed by atoms with van der Waals surface area (Å²) in [5.41, 5.74) is 8.62. The molecule has 1 atom stereocenters. The number of aromatic nitrogens is 3. The molecule has 4 heteroatoms. The number of nitrogens with zero attached hydrogens (tertiary/aromatic N) is 3. The van der Waals surface area contributed by atoms with Crippen molar-refractivity contribution in [2.75, 3.05) is 5.32 Å². The Bertz CT molecular complexity index is 1190. The van der Waals surface area contributed by atoms with E-state index in [2.05, 4.69) is 82.9 Å². The van der Waals surface area contributed by atoms with E-state index in [-0.39, 0.29) is 6.17 Å². The maximum atomic E-state index is 4.99. The highest BCUT2D eigenvalue weighted by Crippen LogP contribution is 2.44. The highest BCUT2D eigenvalue weighted by molar-refractivity contribution is 5.86. The Balaban J connectivity index is 1.63. The summed E-state index contributed by atoms with van der Waals surface area (Å²) in [4.78, 5) is 4.99. The van der Waals surface area contributed by atoms with Gasteiger partial charge in [-0.3, -0.25) is 4.57 Å². The molecule has 4 aromatic rings. The van der Waals surface area contributed by atoms with E-state index in [0.717, 1.165) is 17.0 Å². The van der Waals surface area contributed by atoms with Gasteiger partial charge in [0.05, 0.1) is 11.0 Å². The molecule has 2 aliphatic rings. The monoisotopic (exact) mass is 354 g/mol. The van der Waals surface area contributed by atoms with Crippen molar-refractivity contribution in [3.8, 4) is 11.4 Å². The number of para-hydroxylation sites is 3. The van der Waals surface area contributed by atoms with Crippen molar-refractivity contribution in [1.29, 1.82) is 0 Å². The molecule has 0 bridgehead atoms. The zero-order valence-corrected chi connectivity index (χ0v) is 15.6. The van der Waals surface area contributed by atoms with E-state index >= 15 is 0 Å². The van der Waals surface area contributed by atoms with Crippen LogP contribution in [-0.2, 0) is 0 Å². The summed E-state index contributed by atoms with van der Waals surface area (Å²) in [5, 5.41) is 3.80. The zero-order valence-electron chi connectivity index (χ0n) is 15.6. The van der Waals surface area contributed by atoms with Crippen LogP contribution in [-0.4, -0.2) is 14.1 Å². The van der Waals surface area contributed by atoms with Crippen LogP contribution in [0.15, 0.2) is 54.6 Å². The normalized spacial score (nSPS) is 18.2. The van der Waals surface area contributed by atoms with Crippen LogP contribution in [0.5, 0.6) is 0 Å². The van der Waals surface area contributed by atoms with E-state index in [0.29, 0.717) is 6.04 Å². The van der Waals surface area contributed by atoms with Crippen LogP contribution in [0, 0.1) is 13.8 Å². The summed E-state index contributed by atoms with van der Waals surface area (Å²) in [5.74, 6) is 1.05. The van der Waals surface area contributed by atoms with Crippen molar-refractivity contribution in [2.45, 2.75) is 38.9 Å². The number of aryl methyl sites for hydroxylation is 1. The van der Waals surface area contributed by atoms with Crippen LogP contribution in [0.2, 0.25) is 0 Å². The first-order chi connectivity index (χ1) is 13.2. The summed E-state index contributed by atoms with van der Waals surface area (Å²) in [7, 11) is 0.